The summed E-state index contributed by atoms with van der Waals surface area (Å²) < 4.78 is 0. The molecule has 2 aromatic carbocycles. The largest absolute Gasteiger partial charge is 0.489 e. The van der Waals surface area contributed by atoms with Crippen LogP contribution in [0.2, 0.25) is 5.02 Å². The number of amides is 1. The van der Waals surface area contributed by atoms with Gasteiger partial charge in [0.2, 0.25) is 0 Å². The minimum absolute atomic E-state index is 0.140. The highest BCUT2D eigenvalue weighted by molar-refractivity contribution is 6.62. The van der Waals surface area contributed by atoms with E-state index in [-0.39, 0.29) is 16.4 Å². The first-order valence-electron chi connectivity index (χ1n) is 6.57. The second kappa shape index (κ2) is 6.76. The van der Waals surface area contributed by atoms with Crippen molar-refractivity contribution in [3.63, 3.8) is 0 Å². The number of para-hydroxylation sites is 1. The third-order valence-corrected chi connectivity index (χ3v) is 3.51. The van der Waals surface area contributed by atoms with E-state index in [1.54, 1.807) is 0 Å². The lowest BCUT2D eigenvalue weighted by atomic mass is 9.80. The minimum Gasteiger partial charge on any atom is -0.423 e. The molecule has 0 aliphatic rings. The lowest BCUT2D eigenvalue weighted by Crippen LogP contribution is -2.31. The predicted octanol–water partition coefficient (Wildman–Crippen LogP) is 1.83. The zero-order valence-electron chi connectivity index (χ0n) is 11.5. The number of nitrogens with one attached hydrogen (secondary N) is 1. The van der Waals surface area contributed by atoms with Crippen molar-refractivity contribution in [2.45, 2.75) is 13.3 Å². The topological polar surface area (TPSA) is 69.6 Å². The van der Waals surface area contributed by atoms with Gasteiger partial charge in [-0.3, -0.25) is 4.79 Å². The first kappa shape index (κ1) is 15.6. The molecule has 0 aromatic heterocycles. The Morgan fingerprint density at radius 3 is 2.57 bits per heavy atom. The molecule has 0 spiro atoms. The summed E-state index contributed by atoms with van der Waals surface area (Å²) >= 11 is 5.93. The van der Waals surface area contributed by atoms with Gasteiger partial charge in [0.1, 0.15) is 0 Å². The SMILES string of the molecule is CCc1ccccc1NC(=O)c1ccc(B(O)O)c(Cl)c1. The monoisotopic (exact) mass is 303 g/mol. The minimum atomic E-state index is -1.66. The van der Waals surface area contributed by atoms with E-state index in [0.717, 1.165) is 17.7 Å². The smallest absolute Gasteiger partial charge is 0.423 e. The number of rotatable bonds is 4. The molecule has 2 aromatic rings. The maximum Gasteiger partial charge on any atom is 0.489 e. The molecule has 0 aliphatic carbocycles. The van der Waals surface area contributed by atoms with Crippen molar-refractivity contribution >= 4 is 35.8 Å². The van der Waals surface area contributed by atoms with Crippen LogP contribution >= 0.6 is 11.6 Å². The summed E-state index contributed by atoms with van der Waals surface area (Å²) in [7, 11) is -1.66. The fourth-order valence-electron chi connectivity index (χ4n) is 2.02. The molecule has 4 nitrogen and oxygen atoms in total. The molecular formula is C15H15BClNO3. The van der Waals surface area contributed by atoms with E-state index in [1.807, 2.05) is 31.2 Å². The second-order valence-electron chi connectivity index (χ2n) is 4.57. The van der Waals surface area contributed by atoms with Crippen LogP contribution in [0.25, 0.3) is 0 Å². The Labute approximate surface area is 128 Å². The quantitative estimate of drug-likeness (QED) is 0.755. The molecule has 0 saturated carbocycles. The van der Waals surface area contributed by atoms with Gasteiger partial charge < -0.3 is 15.4 Å². The van der Waals surface area contributed by atoms with Gasteiger partial charge in [0.25, 0.3) is 5.91 Å². The number of anilines is 1. The number of carbonyl (C=O) groups is 1. The molecular weight excluding hydrogens is 288 g/mol. The van der Waals surface area contributed by atoms with Gasteiger partial charge in [0.15, 0.2) is 0 Å². The standard InChI is InChI=1S/C15H15BClNO3/c1-2-10-5-3-4-6-14(10)18-15(19)11-7-8-12(16(20)21)13(17)9-11/h3-9,20-21H,2H2,1H3,(H,18,19). The molecule has 2 rings (SSSR count). The summed E-state index contributed by atoms with van der Waals surface area (Å²) in [6.45, 7) is 2.01. The summed E-state index contributed by atoms with van der Waals surface area (Å²) in [5.74, 6) is -0.295. The molecule has 0 fully saturated rings. The zero-order chi connectivity index (χ0) is 15.4. The molecule has 108 valence electrons. The van der Waals surface area contributed by atoms with Gasteiger partial charge in [-0.15, -0.1) is 0 Å². The number of hydrogen-bond donors (Lipinski definition) is 3. The molecule has 0 aliphatic heterocycles. The summed E-state index contributed by atoms with van der Waals surface area (Å²) in [5, 5.41) is 21.2. The molecule has 0 heterocycles. The normalized spacial score (nSPS) is 10.3. The van der Waals surface area contributed by atoms with Gasteiger partial charge in [0.05, 0.1) is 0 Å². The molecule has 1 amide bonds. The summed E-state index contributed by atoms with van der Waals surface area (Å²) in [6, 6.07) is 11.9. The van der Waals surface area contributed by atoms with Crippen molar-refractivity contribution in [2.75, 3.05) is 5.32 Å². The molecule has 6 heteroatoms. The molecule has 21 heavy (non-hydrogen) atoms. The highest BCUT2D eigenvalue weighted by atomic mass is 35.5. The number of carbonyl (C=O) groups excluding carboxylic acids is 1. The van der Waals surface area contributed by atoms with Crippen molar-refractivity contribution in [3.8, 4) is 0 Å². The van der Waals surface area contributed by atoms with Crippen molar-refractivity contribution in [3.05, 3.63) is 58.6 Å². The number of aryl methyl sites for hydroxylation is 1. The van der Waals surface area contributed by atoms with Crippen molar-refractivity contribution in [1.29, 1.82) is 0 Å². The van der Waals surface area contributed by atoms with Crippen LogP contribution in [0.4, 0.5) is 5.69 Å². The van der Waals surface area contributed by atoms with Gasteiger partial charge in [-0.2, -0.15) is 0 Å². The fraction of sp³-hybridized carbons (Fsp3) is 0.133. The Bertz CT molecular complexity index is 661. The maximum atomic E-state index is 12.2. The number of hydrogen-bond acceptors (Lipinski definition) is 3. The molecule has 3 N–H and O–H groups in total. The molecule has 0 unspecified atom stereocenters. The van der Waals surface area contributed by atoms with E-state index >= 15 is 0 Å². The van der Waals surface area contributed by atoms with E-state index in [2.05, 4.69) is 5.32 Å². The third-order valence-electron chi connectivity index (χ3n) is 3.19. The van der Waals surface area contributed by atoms with E-state index in [1.165, 1.54) is 18.2 Å². The highest BCUT2D eigenvalue weighted by Gasteiger charge is 2.17. The van der Waals surface area contributed by atoms with E-state index in [0.29, 0.717) is 5.56 Å². The predicted molar refractivity (Wildman–Crippen MR) is 85.1 cm³/mol. The van der Waals surface area contributed by atoms with Gasteiger partial charge in [-0.05, 0) is 30.2 Å². The summed E-state index contributed by atoms with van der Waals surface area (Å²) in [4.78, 5) is 12.2. The second-order valence-corrected chi connectivity index (χ2v) is 4.98. The van der Waals surface area contributed by atoms with E-state index in [9.17, 15) is 4.79 Å². The Kier molecular flexibility index (Phi) is 5.01. The lowest BCUT2D eigenvalue weighted by molar-refractivity contribution is 0.102. The van der Waals surface area contributed by atoms with Crippen LogP contribution in [0, 0.1) is 0 Å². The summed E-state index contributed by atoms with van der Waals surface area (Å²) in [5.41, 5.74) is 2.32. The van der Waals surface area contributed by atoms with Crippen LogP contribution in [-0.2, 0) is 6.42 Å². The van der Waals surface area contributed by atoms with Gasteiger partial charge in [0, 0.05) is 21.7 Å². The van der Waals surface area contributed by atoms with Gasteiger partial charge >= 0.3 is 7.12 Å². The van der Waals surface area contributed by atoms with Crippen LogP contribution in [-0.4, -0.2) is 23.1 Å². The van der Waals surface area contributed by atoms with Crippen LogP contribution in [0.1, 0.15) is 22.8 Å². The van der Waals surface area contributed by atoms with Gasteiger partial charge in [-0.1, -0.05) is 42.8 Å². The third kappa shape index (κ3) is 3.64. The Morgan fingerprint density at radius 1 is 1.24 bits per heavy atom. The first-order valence-corrected chi connectivity index (χ1v) is 6.95. The van der Waals surface area contributed by atoms with Crippen molar-refractivity contribution in [2.24, 2.45) is 0 Å². The van der Waals surface area contributed by atoms with Crippen LogP contribution < -0.4 is 10.8 Å². The average molecular weight is 304 g/mol. The van der Waals surface area contributed by atoms with Gasteiger partial charge in [-0.25, -0.2) is 0 Å². The molecule has 0 atom stereocenters. The van der Waals surface area contributed by atoms with Crippen LogP contribution in [0.15, 0.2) is 42.5 Å². The van der Waals surface area contributed by atoms with E-state index in [4.69, 9.17) is 21.6 Å². The highest BCUT2D eigenvalue weighted by Crippen LogP contribution is 2.17. The molecule has 0 saturated heterocycles. The van der Waals surface area contributed by atoms with Crippen LogP contribution in [0.3, 0.4) is 0 Å². The first-order chi connectivity index (χ1) is 10.0. The van der Waals surface area contributed by atoms with Crippen molar-refractivity contribution < 1.29 is 14.8 Å². The van der Waals surface area contributed by atoms with Crippen molar-refractivity contribution in [1.82, 2.24) is 0 Å². The number of halogens is 1. The maximum absolute atomic E-state index is 12.2. The summed E-state index contributed by atoms with van der Waals surface area (Å²) in [6.07, 6.45) is 0.812. The van der Waals surface area contributed by atoms with E-state index < -0.39 is 7.12 Å². The molecule has 0 bridgehead atoms. The Balaban J connectivity index is 2.23. The van der Waals surface area contributed by atoms with Crippen LogP contribution in [0.5, 0.6) is 0 Å². The average Bonchev–Trinajstić information content (AvgIpc) is 2.47. The Hall–Kier alpha value is -1.82. The number of benzene rings is 2. The zero-order valence-corrected chi connectivity index (χ0v) is 12.3. The Morgan fingerprint density at radius 2 is 1.95 bits per heavy atom. The fourth-order valence-corrected chi connectivity index (χ4v) is 2.30. The molecule has 0 radical (unpaired) electrons. The lowest BCUT2D eigenvalue weighted by Gasteiger charge is -2.10.